The third-order valence-corrected chi connectivity index (χ3v) is 4.83. The van der Waals surface area contributed by atoms with Crippen LogP contribution in [0.1, 0.15) is 67.0 Å². The summed E-state index contributed by atoms with van der Waals surface area (Å²) >= 11 is 0. The average Bonchev–Trinajstić information content (AvgIpc) is 2.85. The number of benzene rings is 2. The predicted octanol–water partition coefficient (Wildman–Crippen LogP) is 6.10. The topological polar surface area (TPSA) is 45.9 Å². The van der Waals surface area contributed by atoms with Gasteiger partial charge in [-0.25, -0.2) is 4.98 Å². The minimum atomic E-state index is 0.622. The summed E-state index contributed by atoms with van der Waals surface area (Å²) in [6.45, 7) is 2.99. The first-order valence-electron chi connectivity index (χ1n) is 11.0. The normalized spacial score (nSPS) is 9.62. The Morgan fingerprint density at radius 2 is 1.28 bits per heavy atom. The Labute approximate surface area is 191 Å². The lowest BCUT2D eigenvalue weighted by molar-refractivity contribution is 0.304. The lowest BCUT2D eigenvalue weighted by Crippen LogP contribution is -1.97. The zero-order valence-electron chi connectivity index (χ0n) is 18.4. The summed E-state index contributed by atoms with van der Waals surface area (Å²) in [5.41, 5.74) is 3.91. The summed E-state index contributed by atoms with van der Waals surface area (Å²) in [5.74, 6) is 13.3. The monoisotopic (exact) mass is 418 g/mol. The van der Waals surface area contributed by atoms with E-state index in [1.165, 1.54) is 25.7 Å². The molecule has 0 saturated heterocycles. The molecule has 3 aromatic rings. The van der Waals surface area contributed by atoms with Gasteiger partial charge in [0.15, 0.2) is 0 Å². The molecule has 0 N–H and O–H groups in total. The summed E-state index contributed by atoms with van der Waals surface area (Å²) in [7, 11) is 0. The minimum absolute atomic E-state index is 0.622. The van der Waals surface area contributed by atoms with E-state index in [2.05, 4.69) is 41.7 Å². The first-order chi connectivity index (χ1) is 15.8. The molecular weight excluding hydrogens is 392 g/mol. The van der Waals surface area contributed by atoms with Crippen molar-refractivity contribution in [2.75, 3.05) is 6.61 Å². The van der Waals surface area contributed by atoms with Gasteiger partial charge in [-0.05, 0) is 73.0 Å². The van der Waals surface area contributed by atoms with Crippen LogP contribution < -0.4 is 4.74 Å². The number of pyridine rings is 1. The number of nitrogens with zero attached hydrogens (tertiary/aromatic N) is 2. The van der Waals surface area contributed by atoms with E-state index < -0.39 is 0 Å². The van der Waals surface area contributed by atoms with Gasteiger partial charge in [0.1, 0.15) is 11.4 Å². The van der Waals surface area contributed by atoms with E-state index >= 15 is 0 Å². The Morgan fingerprint density at radius 1 is 0.688 bits per heavy atom. The van der Waals surface area contributed by atoms with E-state index in [1.807, 2.05) is 48.5 Å². The zero-order valence-corrected chi connectivity index (χ0v) is 18.4. The third kappa shape index (κ3) is 7.68. The third-order valence-electron chi connectivity index (χ3n) is 4.83. The number of ether oxygens (including phenoxy) is 1. The molecule has 2 aromatic carbocycles. The van der Waals surface area contributed by atoms with E-state index in [9.17, 15) is 0 Å². The molecule has 0 aliphatic carbocycles. The van der Waals surface area contributed by atoms with Crippen molar-refractivity contribution < 1.29 is 4.74 Å². The summed E-state index contributed by atoms with van der Waals surface area (Å²) in [4.78, 5) is 4.37. The van der Waals surface area contributed by atoms with Crippen molar-refractivity contribution in [1.29, 1.82) is 5.26 Å². The van der Waals surface area contributed by atoms with Crippen molar-refractivity contribution in [3.8, 4) is 35.5 Å². The van der Waals surface area contributed by atoms with Crippen LogP contribution in [-0.2, 0) is 0 Å². The van der Waals surface area contributed by atoms with E-state index in [0.29, 0.717) is 11.3 Å². The second-order valence-electron chi connectivity index (χ2n) is 7.41. The lowest BCUT2D eigenvalue weighted by Gasteiger charge is -2.05. The van der Waals surface area contributed by atoms with Gasteiger partial charge in [0.25, 0.3) is 0 Å². The van der Waals surface area contributed by atoms with E-state index in [0.717, 1.165) is 35.5 Å². The van der Waals surface area contributed by atoms with Crippen LogP contribution in [-0.4, -0.2) is 11.6 Å². The van der Waals surface area contributed by atoms with E-state index in [-0.39, 0.29) is 0 Å². The average molecular weight is 419 g/mol. The van der Waals surface area contributed by atoms with Gasteiger partial charge in [-0.1, -0.05) is 50.4 Å². The molecule has 0 radical (unpaired) electrons. The molecule has 158 valence electrons. The molecule has 0 unspecified atom stereocenters. The summed E-state index contributed by atoms with van der Waals surface area (Å²) in [6, 6.07) is 20.9. The second kappa shape index (κ2) is 12.6. The highest BCUT2D eigenvalue weighted by atomic mass is 16.5. The lowest BCUT2D eigenvalue weighted by atomic mass is 10.1. The Morgan fingerprint density at radius 3 is 1.94 bits per heavy atom. The summed E-state index contributed by atoms with van der Waals surface area (Å²) < 4.78 is 5.80. The maximum absolute atomic E-state index is 8.84. The fourth-order valence-corrected chi connectivity index (χ4v) is 2.98. The molecule has 0 amide bonds. The molecule has 0 aliphatic rings. The highest BCUT2D eigenvalue weighted by Crippen LogP contribution is 2.13. The van der Waals surface area contributed by atoms with Crippen molar-refractivity contribution in [3.05, 3.63) is 94.8 Å². The first-order valence-corrected chi connectivity index (χ1v) is 11.0. The van der Waals surface area contributed by atoms with Gasteiger partial charge in [0, 0.05) is 22.9 Å². The summed E-state index contributed by atoms with van der Waals surface area (Å²) in [6.07, 6.45) is 7.91. The largest absolute Gasteiger partial charge is 0.494 e. The van der Waals surface area contributed by atoms with Crippen molar-refractivity contribution in [2.45, 2.75) is 39.0 Å². The van der Waals surface area contributed by atoms with E-state index in [1.54, 1.807) is 18.3 Å². The Bertz CT molecular complexity index is 1150. The van der Waals surface area contributed by atoms with Crippen LogP contribution in [0, 0.1) is 35.0 Å². The van der Waals surface area contributed by atoms with Crippen LogP contribution in [0.2, 0.25) is 0 Å². The number of nitriles is 1. The standard InChI is InChI=1S/C29H26N2O/c1-2-3-4-5-6-21-32-29-19-15-25(16-20-29)9-12-27-14-18-28(31-23-27)17-13-24-7-10-26(22-30)11-8-24/h7-8,10-11,14-16,18-20,23H,2-6,21H2,1H3. The number of hydrogen-bond donors (Lipinski definition) is 0. The van der Waals surface area contributed by atoms with Crippen molar-refractivity contribution >= 4 is 0 Å². The van der Waals surface area contributed by atoms with Crippen LogP contribution >= 0.6 is 0 Å². The highest BCUT2D eigenvalue weighted by Gasteiger charge is 1.96. The first kappa shape index (κ1) is 22.7. The molecule has 3 heteroatoms. The molecule has 0 bridgehead atoms. The molecular formula is C29H26N2O. The minimum Gasteiger partial charge on any atom is -0.494 e. The number of rotatable bonds is 7. The molecule has 3 nitrogen and oxygen atoms in total. The molecule has 32 heavy (non-hydrogen) atoms. The number of aromatic nitrogens is 1. The zero-order chi connectivity index (χ0) is 22.4. The van der Waals surface area contributed by atoms with Crippen LogP contribution in [0.5, 0.6) is 5.75 Å². The van der Waals surface area contributed by atoms with Gasteiger partial charge in [-0.15, -0.1) is 0 Å². The van der Waals surface area contributed by atoms with Crippen molar-refractivity contribution in [2.24, 2.45) is 0 Å². The molecule has 1 heterocycles. The molecule has 0 atom stereocenters. The van der Waals surface area contributed by atoms with Crippen molar-refractivity contribution in [1.82, 2.24) is 4.98 Å². The van der Waals surface area contributed by atoms with Gasteiger partial charge in [-0.2, -0.15) is 5.26 Å². The Kier molecular flexibility index (Phi) is 8.96. The quantitative estimate of drug-likeness (QED) is 0.344. The maximum atomic E-state index is 8.84. The fourth-order valence-electron chi connectivity index (χ4n) is 2.98. The number of hydrogen-bond acceptors (Lipinski definition) is 3. The van der Waals surface area contributed by atoms with Gasteiger partial charge >= 0.3 is 0 Å². The van der Waals surface area contributed by atoms with Gasteiger partial charge in [0.2, 0.25) is 0 Å². The van der Waals surface area contributed by atoms with E-state index in [4.69, 9.17) is 10.00 Å². The van der Waals surface area contributed by atoms with Crippen molar-refractivity contribution in [3.63, 3.8) is 0 Å². The number of unbranched alkanes of at least 4 members (excludes halogenated alkanes) is 4. The maximum Gasteiger partial charge on any atom is 0.119 e. The molecule has 0 aliphatic heterocycles. The van der Waals surface area contributed by atoms with Gasteiger partial charge in [-0.3, -0.25) is 0 Å². The van der Waals surface area contributed by atoms with Crippen LogP contribution in [0.4, 0.5) is 0 Å². The van der Waals surface area contributed by atoms with Crippen LogP contribution in [0.25, 0.3) is 0 Å². The Hall–Kier alpha value is -4.00. The van der Waals surface area contributed by atoms with Gasteiger partial charge in [0.05, 0.1) is 18.2 Å². The smallest absolute Gasteiger partial charge is 0.119 e. The predicted molar refractivity (Wildman–Crippen MR) is 128 cm³/mol. The fraction of sp³-hybridized carbons (Fsp3) is 0.241. The summed E-state index contributed by atoms with van der Waals surface area (Å²) in [5, 5.41) is 8.84. The molecule has 1 aromatic heterocycles. The highest BCUT2D eigenvalue weighted by molar-refractivity contribution is 5.46. The molecule has 0 saturated carbocycles. The second-order valence-corrected chi connectivity index (χ2v) is 7.41. The Balaban J connectivity index is 1.51. The van der Waals surface area contributed by atoms with Gasteiger partial charge < -0.3 is 4.74 Å². The van der Waals surface area contributed by atoms with Crippen LogP contribution in [0.15, 0.2) is 66.9 Å². The van der Waals surface area contributed by atoms with Crippen LogP contribution in [0.3, 0.4) is 0 Å². The molecule has 3 rings (SSSR count). The molecule has 0 fully saturated rings. The SMILES string of the molecule is CCCCCCCOc1ccc(C#Cc2ccc(C#Cc3ccc(C#N)cc3)nc2)cc1. The molecule has 0 spiro atoms.